The third kappa shape index (κ3) is 7.11. The van der Waals surface area contributed by atoms with Crippen LogP contribution in [0.25, 0.3) is 10.2 Å². The number of rotatable bonds is 10. The Kier molecular flexibility index (Phi) is 9.02. The predicted molar refractivity (Wildman–Crippen MR) is 133 cm³/mol. The quantitative estimate of drug-likeness (QED) is 0.515. The highest BCUT2D eigenvalue weighted by molar-refractivity contribution is 7.18. The zero-order valence-electron chi connectivity index (χ0n) is 20.3. The Labute approximate surface area is 199 Å². The van der Waals surface area contributed by atoms with Gasteiger partial charge < -0.3 is 15.5 Å². The van der Waals surface area contributed by atoms with Crippen LogP contribution in [0.5, 0.6) is 0 Å². The van der Waals surface area contributed by atoms with Crippen molar-refractivity contribution in [2.45, 2.75) is 59.9 Å². The van der Waals surface area contributed by atoms with Crippen LogP contribution in [0.1, 0.15) is 50.0 Å². The van der Waals surface area contributed by atoms with E-state index in [1.165, 1.54) is 28.7 Å². The first-order valence-electron chi connectivity index (χ1n) is 12.0. The Morgan fingerprint density at radius 3 is 2.48 bits per heavy atom. The lowest BCUT2D eigenvalue weighted by Crippen LogP contribution is -2.40. The van der Waals surface area contributed by atoms with Gasteiger partial charge in [0.1, 0.15) is 11.4 Å². The number of aryl methyl sites for hydroxylation is 2. The van der Waals surface area contributed by atoms with Crippen LogP contribution in [0.3, 0.4) is 0 Å². The fourth-order valence-electron chi connectivity index (χ4n) is 4.66. The van der Waals surface area contributed by atoms with Crippen molar-refractivity contribution in [3.63, 3.8) is 0 Å². The molecule has 9 heteroatoms. The average molecular weight is 476 g/mol. The average Bonchev–Trinajstić information content (AvgIpc) is 3.04. The van der Waals surface area contributed by atoms with E-state index in [-0.39, 0.29) is 23.9 Å². The minimum Gasteiger partial charge on any atom is -0.356 e. The van der Waals surface area contributed by atoms with Gasteiger partial charge in [-0.3, -0.25) is 19.0 Å². The monoisotopic (exact) mass is 475 g/mol. The van der Waals surface area contributed by atoms with Gasteiger partial charge in [-0.2, -0.15) is 0 Å². The molecule has 0 saturated carbocycles. The Hall–Kier alpha value is -2.26. The lowest BCUT2D eigenvalue weighted by atomic mass is 9.92. The van der Waals surface area contributed by atoms with E-state index in [1.807, 2.05) is 13.8 Å². The zero-order chi connectivity index (χ0) is 24.0. The summed E-state index contributed by atoms with van der Waals surface area (Å²) in [5.41, 5.74) is 0.734. The highest BCUT2D eigenvalue weighted by atomic mass is 32.1. The summed E-state index contributed by atoms with van der Waals surface area (Å²) in [6.45, 7) is 12.8. The van der Waals surface area contributed by atoms with Gasteiger partial charge in [-0.1, -0.05) is 13.8 Å². The van der Waals surface area contributed by atoms with Crippen LogP contribution in [0.2, 0.25) is 0 Å². The maximum Gasteiger partial charge on any atom is 0.262 e. The molecule has 3 rings (SSSR count). The second kappa shape index (κ2) is 11.7. The van der Waals surface area contributed by atoms with Crippen molar-refractivity contribution in [3.05, 3.63) is 27.1 Å². The summed E-state index contributed by atoms with van der Waals surface area (Å²) in [4.78, 5) is 45.5. The van der Waals surface area contributed by atoms with E-state index in [0.29, 0.717) is 36.1 Å². The molecule has 2 N–H and O–H groups in total. The fourth-order valence-corrected chi connectivity index (χ4v) is 5.65. The van der Waals surface area contributed by atoms with Crippen LogP contribution < -0.4 is 16.2 Å². The Balaban J connectivity index is 1.31. The Bertz CT molecular complexity index is 1020. The van der Waals surface area contributed by atoms with Crippen molar-refractivity contribution >= 4 is 33.4 Å². The van der Waals surface area contributed by atoms with E-state index in [4.69, 9.17) is 0 Å². The minimum absolute atomic E-state index is 0.0128. The van der Waals surface area contributed by atoms with E-state index >= 15 is 0 Å². The summed E-state index contributed by atoms with van der Waals surface area (Å²) in [5, 5.41) is 6.35. The van der Waals surface area contributed by atoms with E-state index in [9.17, 15) is 14.4 Å². The molecule has 2 aromatic rings. The lowest BCUT2D eigenvalue weighted by Gasteiger charge is -2.34. The van der Waals surface area contributed by atoms with Crippen molar-refractivity contribution in [2.75, 3.05) is 32.7 Å². The van der Waals surface area contributed by atoms with E-state index in [1.54, 1.807) is 0 Å². The second-order valence-electron chi connectivity index (χ2n) is 9.50. The highest BCUT2D eigenvalue weighted by Crippen LogP contribution is 2.25. The van der Waals surface area contributed by atoms with Crippen molar-refractivity contribution < 1.29 is 9.59 Å². The van der Waals surface area contributed by atoms with E-state index in [0.717, 1.165) is 48.3 Å². The molecule has 0 spiro atoms. The molecule has 0 bridgehead atoms. The van der Waals surface area contributed by atoms with Gasteiger partial charge in [0.2, 0.25) is 11.8 Å². The van der Waals surface area contributed by atoms with Gasteiger partial charge in [-0.15, -0.1) is 11.3 Å². The molecule has 3 heterocycles. The van der Waals surface area contributed by atoms with E-state index < -0.39 is 0 Å². The van der Waals surface area contributed by atoms with Gasteiger partial charge in [0.05, 0.1) is 11.7 Å². The molecule has 182 valence electrons. The van der Waals surface area contributed by atoms with Crippen LogP contribution in [-0.4, -0.2) is 59.0 Å². The Morgan fingerprint density at radius 2 is 1.76 bits per heavy atom. The predicted octanol–water partition coefficient (Wildman–Crippen LogP) is 2.46. The van der Waals surface area contributed by atoms with Gasteiger partial charge >= 0.3 is 0 Å². The van der Waals surface area contributed by atoms with Crippen LogP contribution in [-0.2, 0) is 16.1 Å². The molecule has 0 radical (unpaired) electrons. The van der Waals surface area contributed by atoms with Gasteiger partial charge in [0.25, 0.3) is 5.56 Å². The van der Waals surface area contributed by atoms with Crippen LogP contribution >= 0.6 is 11.3 Å². The number of aromatic nitrogens is 2. The first-order chi connectivity index (χ1) is 15.7. The topological polar surface area (TPSA) is 96.3 Å². The first-order valence-corrected chi connectivity index (χ1v) is 12.8. The molecule has 2 amide bonds. The molecule has 0 aromatic carbocycles. The third-order valence-corrected chi connectivity index (χ3v) is 7.41. The van der Waals surface area contributed by atoms with Crippen LogP contribution in [0.15, 0.2) is 11.1 Å². The maximum absolute atomic E-state index is 12.7. The highest BCUT2D eigenvalue weighted by Gasteiger charge is 2.21. The zero-order valence-corrected chi connectivity index (χ0v) is 21.1. The van der Waals surface area contributed by atoms with Crippen molar-refractivity contribution in [1.82, 2.24) is 25.1 Å². The number of carbonyl (C=O) groups excluding carboxylic acids is 2. The summed E-state index contributed by atoms with van der Waals surface area (Å²) in [7, 11) is 0. The Morgan fingerprint density at radius 1 is 1.09 bits per heavy atom. The maximum atomic E-state index is 12.7. The van der Waals surface area contributed by atoms with Gasteiger partial charge in [-0.05, 0) is 57.1 Å². The minimum atomic E-state index is -0.256. The summed E-state index contributed by atoms with van der Waals surface area (Å²) in [6.07, 6.45) is 4.63. The molecule has 0 unspecified atom stereocenters. The van der Waals surface area contributed by atoms with Crippen molar-refractivity contribution in [1.29, 1.82) is 0 Å². The van der Waals surface area contributed by atoms with Crippen LogP contribution in [0.4, 0.5) is 0 Å². The number of fused-ring (bicyclic) bond motifs is 1. The molecule has 1 saturated heterocycles. The molecular weight excluding hydrogens is 438 g/mol. The largest absolute Gasteiger partial charge is 0.356 e. The van der Waals surface area contributed by atoms with Gasteiger partial charge in [-0.25, -0.2) is 4.98 Å². The molecule has 8 nitrogen and oxygen atoms in total. The number of amides is 2. The first kappa shape index (κ1) is 25.4. The number of thiophene rings is 1. The summed E-state index contributed by atoms with van der Waals surface area (Å²) in [6, 6.07) is 0. The molecular formula is C24H37N5O3S. The third-order valence-electron chi connectivity index (χ3n) is 6.29. The number of hydrogen-bond donors (Lipinski definition) is 2. The SMILES string of the molecule is Cc1sc2ncn(CC(=O)NCCCC(=O)NCCCN3C[C@@H](C)C[C@H](C)C3)c(=O)c2c1C. The number of nitrogens with one attached hydrogen (secondary N) is 2. The number of nitrogens with zero attached hydrogens (tertiary/aromatic N) is 3. The summed E-state index contributed by atoms with van der Waals surface area (Å²) in [5.74, 6) is 1.26. The van der Waals surface area contributed by atoms with Crippen LogP contribution in [0, 0.1) is 25.7 Å². The molecule has 1 aliphatic rings. The van der Waals surface area contributed by atoms with E-state index in [2.05, 4.69) is 34.4 Å². The smallest absolute Gasteiger partial charge is 0.262 e. The summed E-state index contributed by atoms with van der Waals surface area (Å²) >= 11 is 1.49. The van der Waals surface area contributed by atoms with Gasteiger partial charge in [0, 0.05) is 37.5 Å². The van der Waals surface area contributed by atoms with Crippen molar-refractivity contribution in [2.24, 2.45) is 11.8 Å². The number of hydrogen-bond acceptors (Lipinski definition) is 6. The summed E-state index contributed by atoms with van der Waals surface area (Å²) < 4.78 is 1.34. The number of carbonyl (C=O) groups is 2. The molecule has 1 fully saturated rings. The molecule has 2 aromatic heterocycles. The second-order valence-corrected chi connectivity index (χ2v) is 10.7. The molecule has 1 aliphatic heterocycles. The molecule has 0 aliphatic carbocycles. The standard InChI is InChI=1S/C24H37N5O3S/c1-16-11-17(2)13-28(12-16)10-6-9-25-20(30)7-5-8-26-21(31)14-29-15-27-23-22(24(29)32)18(3)19(4)33-23/h15-17H,5-14H2,1-4H3,(H,25,30)(H,26,31)/t16-,17-/m0/s1. The van der Waals surface area contributed by atoms with Gasteiger partial charge in [0.15, 0.2) is 0 Å². The number of likely N-dealkylation sites (tertiary alicyclic amines) is 1. The normalized spacial score (nSPS) is 19.0. The molecule has 33 heavy (non-hydrogen) atoms. The van der Waals surface area contributed by atoms with Crippen molar-refractivity contribution in [3.8, 4) is 0 Å². The fraction of sp³-hybridized carbons (Fsp3) is 0.667. The molecule has 2 atom stereocenters. The number of piperidine rings is 1. The lowest BCUT2D eigenvalue weighted by molar-refractivity contribution is -0.123.